The Hall–Kier alpha value is -1.57. The summed E-state index contributed by atoms with van der Waals surface area (Å²) in [6.07, 6.45) is 2.60. The number of carbonyl (C=O) groups excluding carboxylic acids is 1. The van der Waals surface area contributed by atoms with Gasteiger partial charge in [0.1, 0.15) is 0 Å². The van der Waals surface area contributed by atoms with Crippen LogP contribution >= 0.6 is 0 Å². The minimum absolute atomic E-state index is 0.727. The van der Waals surface area contributed by atoms with Crippen LogP contribution < -0.4 is 0 Å². The van der Waals surface area contributed by atoms with Gasteiger partial charge >= 0.3 is 0 Å². The fourth-order valence-corrected chi connectivity index (χ4v) is 1.36. The van der Waals surface area contributed by atoms with Crippen molar-refractivity contribution in [1.82, 2.24) is 4.98 Å². The number of benzene rings is 1. The molecular weight excluding hydrogens is 174 g/mol. The summed E-state index contributed by atoms with van der Waals surface area (Å²) in [5.41, 5.74) is 2.95. The number of rotatable bonds is 1. The summed E-state index contributed by atoms with van der Waals surface area (Å²) >= 11 is 0. The third kappa shape index (κ3) is 1.84. The molecule has 0 spiro atoms. The van der Waals surface area contributed by atoms with Gasteiger partial charge in [-0.25, -0.2) is 0 Å². The van der Waals surface area contributed by atoms with Crippen LogP contribution in [-0.2, 0) is 0 Å². The molecule has 2 rings (SSSR count). The third-order valence-electron chi connectivity index (χ3n) is 2.00. The fraction of sp³-hybridized carbons (Fsp3) is 0.250. The lowest BCUT2D eigenvalue weighted by atomic mass is 10.1. The smallest absolute Gasteiger partial charge is 0.152 e. The Balaban J connectivity index is 0.000000461. The van der Waals surface area contributed by atoms with E-state index in [2.05, 4.69) is 4.98 Å². The largest absolute Gasteiger partial charge is 0.360 e. The van der Waals surface area contributed by atoms with E-state index in [-0.39, 0.29) is 0 Å². The molecule has 0 aliphatic rings. The van der Waals surface area contributed by atoms with Crippen LogP contribution in [-0.4, -0.2) is 11.3 Å². The molecule has 74 valence electrons. The summed E-state index contributed by atoms with van der Waals surface area (Å²) < 4.78 is 0. The molecule has 1 aromatic carbocycles. The molecule has 1 N–H and O–H groups in total. The second kappa shape index (κ2) is 4.61. The van der Waals surface area contributed by atoms with Crippen molar-refractivity contribution in [2.75, 3.05) is 0 Å². The maximum absolute atomic E-state index is 10.5. The van der Waals surface area contributed by atoms with Crippen molar-refractivity contribution in [2.24, 2.45) is 0 Å². The number of hydrogen-bond acceptors (Lipinski definition) is 1. The lowest BCUT2D eigenvalue weighted by Crippen LogP contribution is -1.75. The molecule has 0 amide bonds. The van der Waals surface area contributed by atoms with E-state index in [4.69, 9.17) is 0 Å². The molecule has 0 unspecified atom stereocenters. The number of aromatic amines is 1. The van der Waals surface area contributed by atoms with E-state index in [1.807, 2.05) is 39.0 Å². The molecule has 0 bridgehead atoms. The van der Waals surface area contributed by atoms with E-state index < -0.39 is 0 Å². The first-order valence-corrected chi connectivity index (χ1v) is 4.84. The van der Waals surface area contributed by atoms with Crippen LogP contribution in [0.3, 0.4) is 0 Å². The van der Waals surface area contributed by atoms with Crippen LogP contribution in [0.15, 0.2) is 24.4 Å². The van der Waals surface area contributed by atoms with Gasteiger partial charge in [-0.1, -0.05) is 26.0 Å². The third-order valence-corrected chi connectivity index (χ3v) is 2.00. The molecule has 0 aliphatic heterocycles. The highest BCUT2D eigenvalue weighted by atomic mass is 16.1. The van der Waals surface area contributed by atoms with Gasteiger partial charge in [-0.3, -0.25) is 4.79 Å². The van der Waals surface area contributed by atoms with Crippen molar-refractivity contribution >= 4 is 17.2 Å². The van der Waals surface area contributed by atoms with E-state index in [9.17, 15) is 4.79 Å². The highest BCUT2D eigenvalue weighted by Gasteiger charge is 2.00. The number of H-pyrrole nitrogens is 1. The van der Waals surface area contributed by atoms with E-state index in [1.54, 1.807) is 6.20 Å². The van der Waals surface area contributed by atoms with Crippen molar-refractivity contribution in [3.05, 3.63) is 35.5 Å². The van der Waals surface area contributed by atoms with Gasteiger partial charge in [0.2, 0.25) is 0 Å². The number of hydrogen-bond donors (Lipinski definition) is 1. The normalized spacial score (nSPS) is 9.36. The zero-order valence-corrected chi connectivity index (χ0v) is 8.79. The van der Waals surface area contributed by atoms with Gasteiger partial charge < -0.3 is 4.98 Å². The SMILES string of the molecule is CC.Cc1ccc2c(C=O)c[nH]c2c1. The average molecular weight is 189 g/mol. The van der Waals surface area contributed by atoms with Gasteiger partial charge in [0.15, 0.2) is 6.29 Å². The molecule has 2 nitrogen and oxygen atoms in total. The summed E-state index contributed by atoms with van der Waals surface area (Å²) in [4.78, 5) is 13.6. The van der Waals surface area contributed by atoms with Gasteiger partial charge in [-0.15, -0.1) is 0 Å². The standard InChI is InChI=1S/C10H9NO.C2H6/c1-7-2-3-9-8(6-12)5-11-10(9)4-7;1-2/h2-6,11H,1H3;1-2H3. The van der Waals surface area contributed by atoms with Crippen LogP contribution in [0.5, 0.6) is 0 Å². The molecule has 0 atom stereocenters. The molecule has 2 aromatic rings. The highest BCUT2D eigenvalue weighted by molar-refractivity contribution is 5.97. The molecule has 2 heteroatoms. The van der Waals surface area contributed by atoms with Crippen LogP contribution in [0.4, 0.5) is 0 Å². The summed E-state index contributed by atoms with van der Waals surface area (Å²) in [5.74, 6) is 0. The Morgan fingerprint density at radius 1 is 1.29 bits per heavy atom. The zero-order valence-electron chi connectivity index (χ0n) is 8.79. The van der Waals surface area contributed by atoms with Gasteiger partial charge in [0.05, 0.1) is 0 Å². The average Bonchev–Trinajstić information content (AvgIpc) is 2.62. The quantitative estimate of drug-likeness (QED) is 0.686. The predicted molar refractivity (Wildman–Crippen MR) is 59.8 cm³/mol. The second-order valence-corrected chi connectivity index (χ2v) is 2.91. The molecule has 1 aromatic heterocycles. The molecule has 0 fully saturated rings. The first-order valence-electron chi connectivity index (χ1n) is 4.84. The fourth-order valence-electron chi connectivity index (χ4n) is 1.36. The summed E-state index contributed by atoms with van der Waals surface area (Å²) in [5, 5.41) is 0.996. The van der Waals surface area contributed by atoms with Gasteiger partial charge in [-0.2, -0.15) is 0 Å². The van der Waals surface area contributed by atoms with Crippen molar-refractivity contribution in [3.63, 3.8) is 0 Å². The Bertz CT molecular complexity index is 429. The predicted octanol–water partition coefficient (Wildman–Crippen LogP) is 3.32. The number of carbonyl (C=O) groups is 1. The summed E-state index contributed by atoms with van der Waals surface area (Å²) in [7, 11) is 0. The molecule has 0 saturated carbocycles. The molecule has 1 heterocycles. The Morgan fingerprint density at radius 2 is 2.00 bits per heavy atom. The second-order valence-electron chi connectivity index (χ2n) is 2.91. The van der Waals surface area contributed by atoms with Crippen LogP contribution in [0, 0.1) is 6.92 Å². The first kappa shape index (κ1) is 10.5. The maximum Gasteiger partial charge on any atom is 0.152 e. The lowest BCUT2D eigenvalue weighted by molar-refractivity contribution is 0.112. The zero-order chi connectivity index (χ0) is 10.6. The monoisotopic (exact) mass is 189 g/mol. The maximum atomic E-state index is 10.5. The van der Waals surface area contributed by atoms with Gasteiger partial charge in [-0.05, 0) is 18.6 Å². The van der Waals surface area contributed by atoms with Crippen LogP contribution in [0.1, 0.15) is 29.8 Å². The number of aromatic nitrogens is 1. The highest BCUT2D eigenvalue weighted by Crippen LogP contribution is 2.17. The number of aldehydes is 1. The lowest BCUT2D eigenvalue weighted by Gasteiger charge is -1.92. The first-order chi connectivity index (χ1) is 6.81. The molecule has 0 saturated heterocycles. The Morgan fingerprint density at radius 3 is 2.64 bits per heavy atom. The van der Waals surface area contributed by atoms with Crippen LogP contribution in [0.25, 0.3) is 10.9 Å². The van der Waals surface area contributed by atoms with Crippen molar-refractivity contribution in [2.45, 2.75) is 20.8 Å². The molecular formula is C12H15NO. The Labute approximate surface area is 83.9 Å². The van der Waals surface area contributed by atoms with Gasteiger partial charge in [0, 0.05) is 22.7 Å². The molecule has 14 heavy (non-hydrogen) atoms. The van der Waals surface area contributed by atoms with Crippen molar-refractivity contribution < 1.29 is 4.79 Å². The molecule has 0 aliphatic carbocycles. The van der Waals surface area contributed by atoms with E-state index in [0.717, 1.165) is 22.8 Å². The minimum Gasteiger partial charge on any atom is -0.360 e. The molecule has 0 radical (unpaired) electrons. The van der Waals surface area contributed by atoms with Crippen molar-refractivity contribution in [3.8, 4) is 0 Å². The van der Waals surface area contributed by atoms with Crippen molar-refractivity contribution in [1.29, 1.82) is 0 Å². The summed E-state index contributed by atoms with van der Waals surface area (Å²) in [6, 6.07) is 6.00. The van der Waals surface area contributed by atoms with E-state index >= 15 is 0 Å². The number of aryl methyl sites for hydroxylation is 1. The minimum atomic E-state index is 0.727. The topological polar surface area (TPSA) is 32.9 Å². The van der Waals surface area contributed by atoms with Gasteiger partial charge in [0.25, 0.3) is 0 Å². The van der Waals surface area contributed by atoms with Crippen LogP contribution in [0.2, 0.25) is 0 Å². The summed E-state index contributed by atoms with van der Waals surface area (Å²) in [6.45, 7) is 6.03. The number of nitrogens with one attached hydrogen (secondary N) is 1. The van der Waals surface area contributed by atoms with E-state index in [0.29, 0.717) is 0 Å². The van der Waals surface area contributed by atoms with E-state index in [1.165, 1.54) is 5.56 Å². The number of fused-ring (bicyclic) bond motifs is 1. The Kier molecular flexibility index (Phi) is 3.46.